The topological polar surface area (TPSA) is 41.5 Å². The molecule has 0 aliphatic heterocycles. The zero-order chi connectivity index (χ0) is 13.7. The Labute approximate surface area is 114 Å². The van der Waals surface area contributed by atoms with Crippen LogP contribution in [0.2, 0.25) is 0 Å². The molecule has 19 heavy (non-hydrogen) atoms. The van der Waals surface area contributed by atoms with Gasteiger partial charge in [0.15, 0.2) is 5.78 Å². The van der Waals surface area contributed by atoms with E-state index in [0.29, 0.717) is 5.92 Å². The number of nitrogens with zero attached hydrogens (tertiary/aromatic N) is 1. The number of carbonyl (C=O) groups is 1. The molecule has 0 saturated heterocycles. The van der Waals surface area contributed by atoms with Gasteiger partial charge in [-0.2, -0.15) is 5.10 Å². The molecule has 3 nitrogen and oxygen atoms in total. The first-order valence-corrected chi connectivity index (χ1v) is 6.90. The number of fused-ring (bicyclic) bond motifs is 2. The predicted octanol–water partition coefficient (Wildman–Crippen LogP) is 3.48. The third-order valence-corrected chi connectivity index (χ3v) is 5.37. The van der Waals surface area contributed by atoms with Crippen LogP contribution in [-0.4, -0.2) is 11.5 Å². The van der Waals surface area contributed by atoms with E-state index in [2.05, 4.69) is 31.3 Å². The fourth-order valence-corrected chi connectivity index (χ4v) is 3.59. The third-order valence-electron chi connectivity index (χ3n) is 5.37. The second kappa shape index (κ2) is 3.92. The average Bonchev–Trinajstić information content (AvgIpc) is 2.70. The van der Waals surface area contributed by atoms with Crippen LogP contribution in [0, 0.1) is 16.7 Å². The Morgan fingerprint density at radius 3 is 2.47 bits per heavy atom. The second-order valence-electron chi connectivity index (χ2n) is 6.45. The molecule has 0 heterocycles. The molecular formula is C16H20N2O. The number of ketones is 1. The van der Waals surface area contributed by atoms with Gasteiger partial charge in [-0.3, -0.25) is 10.2 Å². The van der Waals surface area contributed by atoms with Crippen LogP contribution in [0.15, 0.2) is 35.4 Å². The molecule has 1 N–H and O–H groups in total. The summed E-state index contributed by atoms with van der Waals surface area (Å²) >= 11 is 0. The van der Waals surface area contributed by atoms with Gasteiger partial charge in [0.2, 0.25) is 0 Å². The largest absolute Gasteiger partial charge is 0.292 e. The van der Waals surface area contributed by atoms with Crippen LogP contribution in [0.5, 0.6) is 0 Å². The highest BCUT2D eigenvalue weighted by Gasteiger charge is 2.65. The number of hydrazone groups is 1. The molecule has 2 aliphatic carbocycles. The normalized spacial score (nSPS) is 33.9. The molecule has 1 aromatic rings. The van der Waals surface area contributed by atoms with Crippen molar-refractivity contribution in [2.45, 2.75) is 33.6 Å². The van der Waals surface area contributed by atoms with Crippen LogP contribution in [0.4, 0.5) is 5.69 Å². The van der Waals surface area contributed by atoms with Gasteiger partial charge in [0, 0.05) is 11.3 Å². The molecule has 3 heteroatoms. The molecule has 0 aromatic heterocycles. The molecule has 0 spiro atoms. The van der Waals surface area contributed by atoms with Crippen molar-refractivity contribution in [3.8, 4) is 0 Å². The van der Waals surface area contributed by atoms with Gasteiger partial charge >= 0.3 is 0 Å². The van der Waals surface area contributed by atoms with Crippen molar-refractivity contribution in [3.63, 3.8) is 0 Å². The quantitative estimate of drug-likeness (QED) is 0.823. The lowest BCUT2D eigenvalue weighted by molar-refractivity contribution is -0.123. The SMILES string of the molecule is CC1(C)[C@H]2CC[C@]1(C)C(=O)/C2=N\Nc1ccccc1. The van der Waals surface area contributed by atoms with Crippen molar-refractivity contribution < 1.29 is 4.79 Å². The molecule has 100 valence electrons. The molecule has 2 aliphatic rings. The summed E-state index contributed by atoms with van der Waals surface area (Å²) in [4.78, 5) is 12.6. The van der Waals surface area contributed by atoms with E-state index in [1.165, 1.54) is 0 Å². The summed E-state index contributed by atoms with van der Waals surface area (Å²) in [6, 6.07) is 9.78. The monoisotopic (exact) mass is 256 g/mol. The van der Waals surface area contributed by atoms with Crippen LogP contribution in [0.3, 0.4) is 0 Å². The minimum Gasteiger partial charge on any atom is -0.292 e. The number of hydrogen-bond acceptors (Lipinski definition) is 3. The molecule has 1 aromatic carbocycles. The van der Waals surface area contributed by atoms with Gasteiger partial charge in [0.1, 0.15) is 5.71 Å². The lowest BCUT2D eigenvalue weighted by Gasteiger charge is -2.31. The number of benzene rings is 1. The number of Topliss-reactive ketones (excluding diaryl/α,β-unsaturated/α-hetero) is 1. The Hall–Kier alpha value is -1.64. The van der Waals surface area contributed by atoms with E-state index in [4.69, 9.17) is 0 Å². The predicted molar refractivity (Wildman–Crippen MR) is 77.1 cm³/mol. The number of para-hydroxylation sites is 1. The Morgan fingerprint density at radius 1 is 1.21 bits per heavy atom. The maximum absolute atomic E-state index is 12.6. The van der Waals surface area contributed by atoms with Gasteiger partial charge in [-0.05, 0) is 30.4 Å². The van der Waals surface area contributed by atoms with Crippen molar-refractivity contribution >= 4 is 17.2 Å². The summed E-state index contributed by atoms with van der Waals surface area (Å²) in [5, 5.41) is 4.42. The molecule has 2 saturated carbocycles. The van der Waals surface area contributed by atoms with Crippen LogP contribution in [0.25, 0.3) is 0 Å². The van der Waals surface area contributed by atoms with Crippen LogP contribution in [-0.2, 0) is 4.79 Å². The first kappa shape index (κ1) is 12.4. The van der Waals surface area contributed by atoms with E-state index in [0.717, 1.165) is 24.2 Å². The van der Waals surface area contributed by atoms with Crippen molar-refractivity contribution in [1.29, 1.82) is 0 Å². The van der Waals surface area contributed by atoms with Crippen molar-refractivity contribution in [3.05, 3.63) is 30.3 Å². The molecule has 0 radical (unpaired) electrons. The minimum atomic E-state index is -0.227. The Balaban J connectivity index is 1.89. The van der Waals surface area contributed by atoms with Crippen molar-refractivity contribution in [2.24, 2.45) is 21.8 Å². The summed E-state index contributed by atoms with van der Waals surface area (Å²) in [6.45, 7) is 6.50. The Kier molecular flexibility index (Phi) is 2.56. The highest BCUT2D eigenvalue weighted by molar-refractivity contribution is 6.45. The number of carbonyl (C=O) groups excluding carboxylic acids is 1. The standard InChI is InChI=1S/C16H20N2O/c1-15(2)12-9-10-16(15,3)14(19)13(12)18-17-11-7-5-4-6-8-11/h4-8,12,17H,9-10H2,1-3H3/b18-13-/t12-,16+/m0/s1. The van der Waals surface area contributed by atoms with Gasteiger partial charge in [0.05, 0.1) is 5.69 Å². The summed E-state index contributed by atoms with van der Waals surface area (Å²) in [5.41, 5.74) is 4.49. The molecule has 2 atom stereocenters. The number of hydrogen-bond donors (Lipinski definition) is 1. The van der Waals surface area contributed by atoms with Gasteiger partial charge in [-0.15, -0.1) is 0 Å². The summed E-state index contributed by atoms with van der Waals surface area (Å²) < 4.78 is 0. The Bertz CT molecular complexity index is 547. The molecule has 3 rings (SSSR count). The number of rotatable bonds is 2. The zero-order valence-electron chi connectivity index (χ0n) is 11.7. The van der Waals surface area contributed by atoms with Gasteiger partial charge in [-0.1, -0.05) is 39.0 Å². The van der Waals surface area contributed by atoms with E-state index in [-0.39, 0.29) is 16.6 Å². The van der Waals surface area contributed by atoms with Gasteiger partial charge in [-0.25, -0.2) is 0 Å². The van der Waals surface area contributed by atoms with E-state index in [1.54, 1.807) is 0 Å². The van der Waals surface area contributed by atoms with Gasteiger partial charge in [0.25, 0.3) is 0 Å². The van der Waals surface area contributed by atoms with E-state index in [9.17, 15) is 4.79 Å². The highest BCUT2D eigenvalue weighted by atomic mass is 16.1. The van der Waals surface area contributed by atoms with Gasteiger partial charge < -0.3 is 0 Å². The molecule has 2 fully saturated rings. The first-order chi connectivity index (χ1) is 8.97. The van der Waals surface area contributed by atoms with Crippen LogP contribution >= 0.6 is 0 Å². The maximum Gasteiger partial charge on any atom is 0.185 e. The molecule has 0 amide bonds. The van der Waals surface area contributed by atoms with E-state index in [1.807, 2.05) is 30.3 Å². The maximum atomic E-state index is 12.6. The van der Waals surface area contributed by atoms with Crippen LogP contribution in [0.1, 0.15) is 33.6 Å². The van der Waals surface area contributed by atoms with E-state index >= 15 is 0 Å². The molecular weight excluding hydrogens is 236 g/mol. The Morgan fingerprint density at radius 2 is 1.89 bits per heavy atom. The smallest absolute Gasteiger partial charge is 0.185 e. The highest BCUT2D eigenvalue weighted by Crippen LogP contribution is 2.62. The lowest BCUT2D eigenvalue weighted by atomic mass is 9.70. The fraction of sp³-hybridized carbons (Fsp3) is 0.500. The molecule has 2 bridgehead atoms. The second-order valence-corrected chi connectivity index (χ2v) is 6.45. The minimum absolute atomic E-state index is 0.0291. The fourth-order valence-electron chi connectivity index (χ4n) is 3.59. The molecule has 0 unspecified atom stereocenters. The number of anilines is 1. The summed E-state index contributed by atoms with van der Waals surface area (Å²) in [7, 11) is 0. The van der Waals surface area contributed by atoms with E-state index < -0.39 is 0 Å². The summed E-state index contributed by atoms with van der Waals surface area (Å²) in [6.07, 6.45) is 2.07. The zero-order valence-corrected chi connectivity index (χ0v) is 11.7. The van der Waals surface area contributed by atoms with Crippen LogP contribution < -0.4 is 5.43 Å². The van der Waals surface area contributed by atoms with Crippen molar-refractivity contribution in [2.75, 3.05) is 5.43 Å². The third kappa shape index (κ3) is 1.57. The summed E-state index contributed by atoms with van der Waals surface area (Å²) in [5.74, 6) is 0.526. The lowest BCUT2D eigenvalue weighted by Crippen LogP contribution is -2.33. The van der Waals surface area contributed by atoms with Crippen molar-refractivity contribution in [1.82, 2.24) is 0 Å². The average molecular weight is 256 g/mol. The number of nitrogens with one attached hydrogen (secondary N) is 1. The first-order valence-electron chi connectivity index (χ1n) is 6.90.